The zero-order valence-corrected chi connectivity index (χ0v) is 13.3. The average molecular weight is 342 g/mol. The molecule has 0 spiro atoms. The molecule has 2 aromatic heterocycles. The van der Waals surface area contributed by atoms with Gasteiger partial charge in [0.15, 0.2) is 0 Å². The minimum atomic E-state index is -1.23. The lowest BCUT2D eigenvalue weighted by Crippen LogP contribution is -2.36. The fourth-order valence-electron chi connectivity index (χ4n) is 2.34. The molecule has 0 saturated heterocycles. The van der Waals surface area contributed by atoms with E-state index in [1.165, 1.54) is 6.20 Å². The minimum absolute atomic E-state index is 0.129. The van der Waals surface area contributed by atoms with Crippen molar-refractivity contribution in [2.24, 2.45) is 0 Å². The van der Waals surface area contributed by atoms with Gasteiger partial charge in [-0.25, -0.2) is 14.8 Å². The van der Waals surface area contributed by atoms with Gasteiger partial charge in [-0.3, -0.25) is 4.40 Å². The molecule has 0 aliphatic carbocycles. The molecule has 130 valence electrons. The second-order valence-electron chi connectivity index (χ2n) is 5.43. The smallest absolute Gasteiger partial charge is 0.407 e. The quantitative estimate of drug-likeness (QED) is 0.618. The molecule has 0 radical (unpaired) electrons. The fraction of sp³-hybridized carbons (Fsp3) is 0.235. The van der Waals surface area contributed by atoms with Gasteiger partial charge in [-0.2, -0.15) is 0 Å². The van der Waals surface area contributed by atoms with E-state index >= 15 is 0 Å². The lowest BCUT2D eigenvalue weighted by atomic mass is 10.1. The Morgan fingerprint density at radius 3 is 2.80 bits per heavy atom. The van der Waals surface area contributed by atoms with Gasteiger partial charge in [0.2, 0.25) is 5.78 Å². The highest BCUT2D eigenvalue weighted by molar-refractivity contribution is 5.67. The number of benzene rings is 1. The van der Waals surface area contributed by atoms with Crippen LogP contribution in [-0.2, 0) is 11.3 Å². The SMILES string of the molecule is O=C(NCC(O)C(O)c1cnc2ncccn12)OCc1ccccc1. The van der Waals surface area contributed by atoms with Crippen LogP contribution in [0.4, 0.5) is 4.79 Å². The Bertz CT molecular complexity index is 837. The monoisotopic (exact) mass is 342 g/mol. The zero-order chi connectivity index (χ0) is 17.6. The van der Waals surface area contributed by atoms with Crippen molar-refractivity contribution in [2.45, 2.75) is 18.8 Å². The van der Waals surface area contributed by atoms with Crippen molar-refractivity contribution in [3.8, 4) is 0 Å². The lowest BCUT2D eigenvalue weighted by molar-refractivity contribution is 0.0154. The molecule has 3 N–H and O–H groups in total. The predicted octanol–water partition coefficient (Wildman–Crippen LogP) is 1.05. The van der Waals surface area contributed by atoms with Crippen LogP contribution in [0.2, 0.25) is 0 Å². The van der Waals surface area contributed by atoms with Gasteiger partial charge in [0, 0.05) is 18.9 Å². The maximum atomic E-state index is 11.7. The van der Waals surface area contributed by atoms with Crippen LogP contribution in [0.25, 0.3) is 5.78 Å². The van der Waals surface area contributed by atoms with Crippen molar-refractivity contribution in [2.75, 3.05) is 6.54 Å². The van der Waals surface area contributed by atoms with Crippen LogP contribution >= 0.6 is 0 Å². The Morgan fingerprint density at radius 1 is 1.20 bits per heavy atom. The molecule has 2 unspecified atom stereocenters. The number of nitrogens with one attached hydrogen (secondary N) is 1. The molecule has 8 nitrogen and oxygen atoms in total. The first-order valence-corrected chi connectivity index (χ1v) is 7.74. The van der Waals surface area contributed by atoms with Crippen molar-refractivity contribution < 1.29 is 19.7 Å². The number of aromatic nitrogens is 3. The largest absolute Gasteiger partial charge is 0.445 e. The summed E-state index contributed by atoms with van der Waals surface area (Å²) in [6.45, 7) is -0.0352. The van der Waals surface area contributed by atoms with E-state index in [-0.39, 0.29) is 13.2 Å². The highest BCUT2D eigenvalue weighted by atomic mass is 16.5. The maximum absolute atomic E-state index is 11.7. The topological polar surface area (TPSA) is 109 Å². The first-order valence-electron chi connectivity index (χ1n) is 7.74. The number of fused-ring (bicyclic) bond motifs is 1. The number of hydrogen-bond donors (Lipinski definition) is 3. The van der Waals surface area contributed by atoms with Crippen LogP contribution in [0, 0.1) is 0 Å². The van der Waals surface area contributed by atoms with Crippen LogP contribution < -0.4 is 5.32 Å². The van der Waals surface area contributed by atoms with Crippen molar-refractivity contribution in [1.82, 2.24) is 19.7 Å². The Labute approximate surface area is 143 Å². The second-order valence-corrected chi connectivity index (χ2v) is 5.43. The number of amides is 1. The molecule has 0 aliphatic heterocycles. The van der Waals surface area contributed by atoms with E-state index in [0.717, 1.165) is 5.56 Å². The molecular formula is C17H18N4O4. The Kier molecular flexibility index (Phi) is 5.22. The molecule has 0 saturated carbocycles. The highest BCUT2D eigenvalue weighted by Gasteiger charge is 2.22. The summed E-state index contributed by atoms with van der Waals surface area (Å²) in [5, 5.41) is 22.8. The first-order chi connectivity index (χ1) is 12.1. The molecule has 3 aromatic rings. The number of carbonyl (C=O) groups excluding carboxylic acids is 1. The molecule has 3 rings (SSSR count). The number of ether oxygens (including phenoxy) is 1. The highest BCUT2D eigenvalue weighted by Crippen LogP contribution is 2.17. The number of hydrogen-bond acceptors (Lipinski definition) is 6. The number of aliphatic hydroxyl groups is 2. The van der Waals surface area contributed by atoms with Gasteiger partial charge in [0.25, 0.3) is 0 Å². The molecule has 1 amide bonds. The van der Waals surface area contributed by atoms with E-state index in [0.29, 0.717) is 11.5 Å². The predicted molar refractivity (Wildman–Crippen MR) is 88.6 cm³/mol. The molecule has 2 heterocycles. The average Bonchev–Trinajstić information content (AvgIpc) is 3.08. The summed E-state index contributed by atoms with van der Waals surface area (Å²) in [6.07, 6.45) is 1.58. The molecule has 2 atom stereocenters. The van der Waals surface area contributed by atoms with E-state index in [2.05, 4.69) is 15.3 Å². The van der Waals surface area contributed by atoms with E-state index in [1.807, 2.05) is 30.3 Å². The van der Waals surface area contributed by atoms with E-state index in [4.69, 9.17) is 4.74 Å². The molecule has 0 fully saturated rings. The van der Waals surface area contributed by atoms with Gasteiger partial charge in [-0.05, 0) is 11.6 Å². The Hall–Kier alpha value is -2.97. The third kappa shape index (κ3) is 4.11. The second kappa shape index (κ2) is 7.73. The molecular weight excluding hydrogens is 324 g/mol. The van der Waals surface area contributed by atoms with E-state index in [1.54, 1.807) is 22.9 Å². The number of rotatable bonds is 6. The van der Waals surface area contributed by atoms with Crippen molar-refractivity contribution in [3.05, 3.63) is 66.2 Å². The van der Waals surface area contributed by atoms with Crippen molar-refractivity contribution >= 4 is 11.9 Å². The number of aliphatic hydroxyl groups excluding tert-OH is 2. The molecule has 0 aliphatic rings. The summed E-state index contributed by atoms with van der Waals surface area (Å²) >= 11 is 0. The van der Waals surface area contributed by atoms with Crippen LogP contribution in [-0.4, -0.2) is 43.3 Å². The summed E-state index contributed by atoms with van der Waals surface area (Å²) in [5.41, 5.74) is 1.24. The standard InChI is InChI=1S/C17H18N4O4/c22-14(10-20-17(24)25-11-12-5-2-1-3-6-12)15(23)13-9-19-16-18-7-4-8-21(13)16/h1-9,14-15,22-23H,10-11H2,(H,20,24). The number of alkyl carbamates (subject to hydrolysis) is 1. The van der Waals surface area contributed by atoms with Gasteiger partial charge >= 0.3 is 6.09 Å². The lowest BCUT2D eigenvalue weighted by Gasteiger charge is -2.18. The van der Waals surface area contributed by atoms with Gasteiger partial charge in [0.1, 0.15) is 18.8 Å². The number of carbonyl (C=O) groups is 1. The van der Waals surface area contributed by atoms with Crippen LogP contribution in [0.3, 0.4) is 0 Å². The zero-order valence-electron chi connectivity index (χ0n) is 13.3. The Balaban J connectivity index is 1.51. The van der Waals surface area contributed by atoms with E-state index in [9.17, 15) is 15.0 Å². The third-order valence-corrected chi connectivity index (χ3v) is 3.65. The number of imidazole rings is 1. The normalized spacial score (nSPS) is 13.4. The number of nitrogens with zero attached hydrogens (tertiary/aromatic N) is 3. The van der Waals surface area contributed by atoms with Crippen molar-refractivity contribution in [1.29, 1.82) is 0 Å². The van der Waals surface area contributed by atoms with Crippen LogP contribution in [0.5, 0.6) is 0 Å². The van der Waals surface area contributed by atoms with Gasteiger partial charge < -0.3 is 20.3 Å². The third-order valence-electron chi connectivity index (χ3n) is 3.65. The Morgan fingerprint density at radius 2 is 2.00 bits per heavy atom. The van der Waals surface area contributed by atoms with Gasteiger partial charge in [-0.1, -0.05) is 30.3 Å². The summed E-state index contributed by atoms with van der Waals surface area (Å²) < 4.78 is 6.62. The maximum Gasteiger partial charge on any atom is 0.407 e. The molecule has 8 heteroatoms. The van der Waals surface area contributed by atoms with E-state index < -0.39 is 18.3 Å². The summed E-state index contributed by atoms with van der Waals surface area (Å²) in [6, 6.07) is 10.9. The molecule has 0 bridgehead atoms. The van der Waals surface area contributed by atoms with Crippen LogP contribution in [0.1, 0.15) is 17.4 Å². The molecule has 25 heavy (non-hydrogen) atoms. The minimum Gasteiger partial charge on any atom is -0.445 e. The summed E-state index contributed by atoms with van der Waals surface area (Å²) in [4.78, 5) is 19.8. The first kappa shape index (κ1) is 16.9. The summed E-state index contributed by atoms with van der Waals surface area (Å²) in [5.74, 6) is 0.416. The molecule has 1 aromatic carbocycles. The van der Waals surface area contributed by atoms with Gasteiger partial charge in [0.05, 0.1) is 11.9 Å². The summed E-state index contributed by atoms with van der Waals surface area (Å²) in [7, 11) is 0. The fourth-order valence-corrected chi connectivity index (χ4v) is 2.34. The van der Waals surface area contributed by atoms with Crippen LogP contribution in [0.15, 0.2) is 55.0 Å². The van der Waals surface area contributed by atoms with Gasteiger partial charge in [-0.15, -0.1) is 0 Å². The van der Waals surface area contributed by atoms with Crippen molar-refractivity contribution in [3.63, 3.8) is 0 Å².